The van der Waals surface area contributed by atoms with E-state index in [1.54, 1.807) is 4.90 Å². The van der Waals surface area contributed by atoms with Crippen molar-refractivity contribution in [1.82, 2.24) is 4.90 Å². The van der Waals surface area contributed by atoms with Crippen LogP contribution in [0.4, 0.5) is 5.69 Å². The predicted octanol–water partition coefficient (Wildman–Crippen LogP) is 3.88. The van der Waals surface area contributed by atoms with E-state index in [0.717, 1.165) is 25.3 Å². The number of hydrogen-bond donors (Lipinski definition) is 0. The van der Waals surface area contributed by atoms with Gasteiger partial charge in [-0.2, -0.15) is 0 Å². The van der Waals surface area contributed by atoms with Gasteiger partial charge in [-0.25, -0.2) is 0 Å². The highest BCUT2D eigenvalue weighted by Gasteiger charge is 2.22. The van der Waals surface area contributed by atoms with Crippen LogP contribution in [0.1, 0.15) is 35.3 Å². The molecule has 0 bridgehead atoms. The lowest BCUT2D eigenvalue weighted by Crippen LogP contribution is -2.44. The van der Waals surface area contributed by atoms with Gasteiger partial charge < -0.3 is 9.64 Å². The van der Waals surface area contributed by atoms with E-state index >= 15 is 0 Å². The first-order valence-electron chi connectivity index (χ1n) is 9.24. The van der Waals surface area contributed by atoms with Crippen LogP contribution in [0.2, 0.25) is 0 Å². The predicted molar refractivity (Wildman–Crippen MR) is 106 cm³/mol. The molecule has 138 valence electrons. The van der Waals surface area contributed by atoms with Crippen LogP contribution in [0, 0.1) is 6.92 Å². The van der Waals surface area contributed by atoms with E-state index in [9.17, 15) is 4.79 Å². The smallest absolute Gasteiger partial charge is 0.258 e. The second kappa shape index (κ2) is 8.02. The maximum Gasteiger partial charge on any atom is 0.258 e. The minimum absolute atomic E-state index is 0.00835. The molecule has 3 rings (SSSR count). The van der Waals surface area contributed by atoms with Crippen LogP contribution in [0.25, 0.3) is 0 Å². The van der Waals surface area contributed by atoms with Crippen LogP contribution in [0.15, 0.2) is 48.5 Å². The Kier molecular flexibility index (Phi) is 5.74. The Labute approximate surface area is 156 Å². The summed E-state index contributed by atoms with van der Waals surface area (Å²) >= 11 is 0. The highest BCUT2D eigenvalue weighted by Crippen LogP contribution is 2.18. The van der Waals surface area contributed by atoms with E-state index in [-0.39, 0.29) is 18.1 Å². The standard InChI is InChI=1S/C22H28N2O2/c1-16-5-11-21(12-6-16)23(4)22(25)20-9-7-19(8-10-20)15-24-13-17(2)26-18(3)14-24/h5-12,17-18H,13-15H2,1-4H3. The van der Waals surface area contributed by atoms with Crippen molar-refractivity contribution in [1.29, 1.82) is 0 Å². The van der Waals surface area contributed by atoms with Gasteiger partial charge in [-0.15, -0.1) is 0 Å². The molecule has 1 heterocycles. The normalized spacial score (nSPS) is 20.8. The summed E-state index contributed by atoms with van der Waals surface area (Å²) in [4.78, 5) is 16.8. The summed E-state index contributed by atoms with van der Waals surface area (Å²) in [6, 6.07) is 16.0. The molecule has 1 saturated heterocycles. The Morgan fingerprint density at radius 2 is 1.62 bits per heavy atom. The number of carbonyl (C=O) groups excluding carboxylic acids is 1. The molecule has 1 fully saturated rings. The molecule has 2 unspecified atom stereocenters. The molecule has 26 heavy (non-hydrogen) atoms. The highest BCUT2D eigenvalue weighted by atomic mass is 16.5. The number of hydrogen-bond acceptors (Lipinski definition) is 3. The first-order chi connectivity index (χ1) is 12.4. The lowest BCUT2D eigenvalue weighted by atomic mass is 10.1. The zero-order valence-corrected chi connectivity index (χ0v) is 16.1. The van der Waals surface area contributed by atoms with Crippen LogP contribution >= 0.6 is 0 Å². The Morgan fingerprint density at radius 3 is 2.19 bits per heavy atom. The fourth-order valence-electron chi connectivity index (χ4n) is 3.50. The number of ether oxygens (including phenoxy) is 1. The van der Waals surface area contributed by atoms with Gasteiger partial charge in [-0.3, -0.25) is 9.69 Å². The Balaban J connectivity index is 1.65. The summed E-state index contributed by atoms with van der Waals surface area (Å²) in [5.74, 6) is 0.00835. The van der Waals surface area contributed by atoms with Crippen molar-refractivity contribution in [2.45, 2.75) is 39.5 Å². The quantitative estimate of drug-likeness (QED) is 0.837. The van der Waals surface area contributed by atoms with Crippen LogP contribution < -0.4 is 4.90 Å². The largest absolute Gasteiger partial charge is 0.373 e. The van der Waals surface area contributed by atoms with Crippen molar-refractivity contribution in [3.05, 3.63) is 65.2 Å². The van der Waals surface area contributed by atoms with E-state index in [1.165, 1.54) is 11.1 Å². The third kappa shape index (κ3) is 4.51. The van der Waals surface area contributed by atoms with E-state index in [1.807, 2.05) is 50.4 Å². The number of rotatable bonds is 4. The molecule has 0 spiro atoms. The van der Waals surface area contributed by atoms with Gasteiger partial charge in [0.25, 0.3) is 5.91 Å². The Hall–Kier alpha value is -2.17. The van der Waals surface area contributed by atoms with Gasteiger partial charge in [0.1, 0.15) is 0 Å². The summed E-state index contributed by atoms with van der Waals surface area (Å²) < 4.78 is 5.79. The molecule has 2 aromatic rings. The second-order valence-corrected chi connectivity index (χ2v) is 7.35. The monoisotopic (exact) mass is 352 g/mol. The van der Waals surface area contributed by atoms with E-state index in [0.29, 0.717) is 5.56 Å². The zero-order chi connectivity index (χ0) is 18.7. The summed E-state index contributed by atoms with van der Waals surface area (Å²) in [7, 11) is 1.82. The third-order valence-corrected chi connectivity index (χ3v) is 4.83. The molecule has 0 radical (unpaired) electrons. The van der Waals surface area contributed by atoms with Crippen LogP contribution in [-0.2, 0) is 11.3 Å². The minimum Gasteiger partial charge on any atom is -0.373 e. The highest BCUT2D eigenvalue weighted by molar-refractivity contribution is 6.05. The summed E-state index contributed by atoms with van der Waals surface area (Å²) in [5.41, 5.74) is 4.02. The lowest BCUT2D eigenvalue weighted by molar-refractivity contribution is -0.0704. The number of morpholine rings is 1. The minimum atomic E-state index is 0.00835. The molecule has 1 amide bonds. The van der Waals surface area contributed by atoms with E-state index in [2.05, 4.69) is 30.9 Å². The Bertz CT molecular complexity index is 730. The van der Waals surface area contributed by atoms with Gasteiger partial charge in [0.15, 0.2) is 0 Å². The lowest BCUT2D eigenvalue weighted by Gasteiger charge is -2.35. The molecule has 1 aliphatic rings. The van der Waals surface area contributed by atoms with Crippen LogP contribution in [-0.4, -0.2) is 43.2 Å². The van der Waals surface area contributed by atoms with Gasteiger partial charge in [0.2, 0.25) is 0 Å². The summed E-state index contributed by atoms with van der Waals surface area (Å²) in [6.07, 6.45) is 0.533. The number of anilines is 1. The van der Waals surface area contributed by atoms with Crippen molar-refractivity contribution < 1.29 is 9.53 Å². The molecule has 0 saturated carbocycles. The molecule has 0 N–H and O–H groups in total. The Morgan fingerprint density at radius 1 is 1.04 bits per heavy atom. The first kappa shape index (κ1) is 18.6. The number of amides is 1. The SMILES string of the molecule is Cc1ccc(N(C)C(=O)c2ccc(CN3CC(C)OC(C)C3)cc2)cc1. The molecule has 0 aliphatic carbocycles. The maximum atomic E-state index is 12.7. The molecule has 2 atom stereocenters. The van der Waals surface area contributed by atoms with Crippen molar-refractivity contribution in [3.63, 3.8) is 0 Å². The van der Waals surface area contributed by atoms with Gasteiger partial charge in [-0.05, 0) is 50.6 Å². The fourth-order valence-corrected chi connectivity index (χ4v) is 3.50. The molecule has 4 heteroatoms. The van der Waals surface area contributed by atoms with Gasteiger partial charge in [-0.1, -0.05) is 29.8 Å². The topological polar surface area (TPSA) is 32.8 Å². The van der Waals surface area contributed by atoms with E-state index in [4.69, 9.17) is 4.74 Å². The third-order valence-electron chi connectivity index (χ3n) is 4.83. The van der Waals surface area contributed by atoms with Crippen molar-refractivity contribution in [3.8, 4) is 0 Å². The van der Waals surface area contributed by atoms with Gasteiger partial charge in [0.05, 0.1) is 12.2 Å². The molecule has 4 nitrogen and oxygen atoms in total. The average Bonchev–Trinajstić information content (AvgIpc) is 2.61. The van der Waals surface area contributed by atoms with Crippen molar-refractivity contribution in [2.75, 3.05) is 25.0 Å². The second-order valence-electron chi connectivity index (χ2n) is 7.35. The number of benzene rings is 2. The molecular weight excluding hydrogens is 324 g/mol. The van der Waals surface area contributed by atoms with Crippen molar-refractivity contribution >= 4 is 11.6 Å². The fraction of sp³-hybridized carbons (Fsp3) is 0.409. The molecular formula is C22H28N2O2. The number of carbonyl (C=O) groups is 1. The average molecular weight is 352 g/mol. The number of nitrogens with zero attached hydrogens (tertiary/aromatic N) is 2. The van der Waals surface area contributed by atoms with E-state index < -0.39 is 0 Å². The molecule has 2 aromatic carbocycles. The summed E-state index contributed by atoms with van der Waals surface area (Å²) in [6.45, 7) is 9.06. The maximum absolute atomic E-state index is 12.7. The molecule has 1 aliphatic heterocycles. The summed E-state index contributed by atoms with van der Waals surface area (Å²) in [5, 5.41) is 0. The van der Waals surface area contributed by atoms with Crippen LogP contribution in [0.5, 0.6) is 0 Å². The van der Waals surface area contributed by atoms with Gasteiger partial charge >= 0.3 is 0 Å². The first-order valence-corrected chi connectivity index (χ1v) is 9.24. The zero-order valence-electron chi connectivity index (χ0n) is 16.1. The molecule has 0 aromatic heterocycles. The van der Waals surface area contributed by atoms with Crippen molar-refractivity contribution in [2.24, 2.45) is 0 Å². The number of aryl methyl sites for hydroxylation is 1. The van der Waals surface area contributed by atoms with Crippen LogP contribution in [0.3, 0.4) is 0 Å². The van der Waals surface area contributed by atoms with Gasteiger partial charge in [0, 0.05) is 37.9 Å².